The quantitative estimate of drug-likeness (QED) is 0.707. The summed E-state index contributed by atoms with van der Waals surface area (Å²) in [6.07, 6.45) is 1.92. The van der Waals surface area contributed by atoms with Crippen LogP contribution in [0.25, 0.3) is 0 Å². The van der Waals surface area contributed by atoms with Crippen LogP contribution in [-0.4, -0.2) is 67.6 Å². The molecule has 0 spiro atoms. The highest BCUT2D eigenvalue weighted by molar-refractivity contribution is 7.91. The minimum atomic E-state index is -3.00. The molecular formula is C13H24N2O4S. The Balaban J connectivity index is 1.75. The fourth-order valence-corrected chi connectivity index (χ4v) is 5.18. The second kappa shape index (κ2) is 5.61. The van der Waals surface area contributed by atoms with Crippen LogP contribution in [0, 0.1) is 5.92 Å². The van der Waals surface area contributed by atoms with Gasteiger partial charge in [-0.25, -0.2) is 8.42 Å². The van der Waals surface area contributed by atoms with Crippen LogP contribution in [0.5, 0.6) is 0 Å². The van der Waals surface area contributed by atoms with Crippen molar-refractivity contribution in [3.8, 4) is 0 Å². The number of aliphatic hydroxyl groups is 1. The van der Waals surface area contributed by atoms with Gasteiger partial charge in [-0.3, -0.25) is 9.69 Å². The number of hydrogen-bond acceptors (Lipinski definition) is 5. The highest BCUT2D eigenvalue weighted by Crippen LogP contribution is 2.27. The van der Waals surface area contributed by atoms with Gasteiger partial charge in [0.2, 0.25) is 5.91 Å². The number of carbonyl (C=O) groups is 1. The predicted octanol–water partition coefficient (Wildman–Crippen LogP) is -0.617. The van der Waals surface area contributed by atoms with Crippen molar-refractivity contribution in [3.63, 3.8) is 0 Å². The Morgan fingerprint density at radius 2 is 2.10 bits per heavy atom. The maximum absolute atomic E-state index is 12.0. The Bertz CT molecular complexity index is 473. The van der Waals surface area contributed by atoms with Gasteiger partial charge in [0, 0.05) is 6.54 Å². The summed E-state index contributed by atoms with van der Waals surface area (Å²) in [5, 5.41) is 12.1. The second-order valence-electron chi connectivity index (χ2n) is 6.64. The molecule has 0 aromatic heterocycles. The smallest absolute Gasteiger partial charge is 0.234 e. The van der Waals surface area contributed by atoms with E-state index in [2.05, 4.69) is 5.32 Å². The van der Waals surface area contributed by atoms with Crippen molar-refractivity contribution in [1.82, 2.24) is 10.2 Å². The van der Waals surface area contributed by atoms with E-state index in [1.807, 2.05) is 11.9 Å². The fraction of sp³-hybridized carbons (Fsp3) is 0.923. The van der Waals surface area contributed by atoms with E-state index in [0.717, 1.165) is 19.4 Å². The molecule has 116 valence electrons. The van der Waals surface area contributed by atoms with Gasteiger partial charge in [0.1, 0.15) is 0 Å². The molecule has 1 aliphatic carbocycles. The van der Waals surface area contributed by atoms with E-state index in [1.165, 1.54) is 0 Å². The lowest BCUT2D eigenvalue weighted by atomic mass is 9.82. The average molecular weight is 304 g/mol. The minimum absolute atomic E-state index is 0.0320. The van der Waals surface area contributed by atoms with E-state index < -0.39 is 15.4 Å². The number of sulfone groups is 1. The van der Waals surface area contributed by atoms with E-state index >= 15 is 0 Å². The first-order valence-electron chi connectivity index (χ1n) is 7.05. The summed E-state index contributed by atoms with van der Waals surface area (Å²) in [5.41, 5.74) is -0.622. The van der Waals surface area contributed by atoms with Crippen LogP contribution < -0.4 is 5.32 Å². The van der Waals surface area contributed by atoms with Gasteiger partial charge in [-0.05, 0) is 39.2 Å². The number of carbonyl (C=O) groups excluding carboxylic acids is 1. The molecule has 1 saturated heterocycles. The summed E-state index contributed by atoms with van der Waals surface area (Å²) in [7, 11) is -1.13. The van der Waals surface area contributed by atoms with Gasteiger partial charge in [-0.15, -0.1) is 0 Å². The van der Waals surface area contributed by atoms with Gasteiger partial charge >= 0.3 is 0 Å². The highest BCUT2D eigenvalue weighted by atomic mass is 32.2. The number of nitrogens with one attached hydrogen (secondary N) is 1. The maximum atomic E-state index is 12.0. The van der Waals surface area contributed by atoms with Crippen molar-refractivity contribution in [2.75, 3.05) is 31.6 Å². The molecule has 1 saturated carbocycles. The Hall–Kier alpha value is -0.660. The van der Waals surface area contributed by atoms with Crippen LogP contribution in [0.3, 0.4) is 0 Å². The molecule has 20 heavy (non-hydrogen) atoms. The Morgan fingerprint density at radius 3 is 2.60 bits per heavy atom. The van der Waals surface area contributed by atoms with Crippen molar-refractivity contribution < 1.29 is 18.3 Å². The highest BCUT2D eigenvalue weighted by Gasteiger charge is 2.39. The molecule has 6 nitrogen and oxygen atoms in total. The monoisotopic (exact) mass is 304 g/mol. The van der Waals surface area contributed by atoms with E-state index in [1.54, 1.807) is 6.92 Å². The summed E-state index contributed by atoms with van der Waals surface area (Å²) in [6, 6.07) is 0. The molecule has 2 N–H and O–H groups in total. The molecule has 0 aromatic rings. The summed E-state index contributed by atoms with van der Waals surface area (Å²) < 4.78 is 23.0. The van der Waals surface area contributed by atoms with E-state index in [9.17, 15) is 18.3 Å². The van der Waals surface area contributed by atoms with Crippen LogP contribution in [0.15, 0.2) is 0 Å². The van der Waals surface area contributed by atoms with Crippen LogP contribution in [0.1, 0.15) is 26.2 Å². The molecule has 2 aliphatic rings. The summed E-state index contributed by atoms with van der Waals surface area (Å²) in [4.78, 5) is 13.9. The van der Waals surface area contributed by atoms with Gasteiger partial charge in [0.05, 0.1) is 29.7 Å². The Kier molecular flexibility index (Phi) is 4.41. The standard InChI is InChI=1S/C13H24N2O4S/c1-13(3-4-20(18,19)9-13)14-12(17)8-15(2)7-10-5-11(16)6-10/h10-11,16H,3-9H2,1-2H3,(H,14,17). The van der Waals surface area contributed by atoms with Crippen molar-refractivity contribution in [1.29, 1.82) is 0 Å². The molecule has 1 unspecified atom stereocenters. The third kappa shape index (κ3) is 4.17. The second-order valence-corrected chi connectivity index (χ2v) is 8.82. The molecule has 0 radical (unpaired) electrons. The van der Waals surface area contributed by atoms with Crippen molar-refractivity contribution in [2.45, 2.75) is 37.8 Å². The molecule has 1 aliphatic heterocycles. The van der Waals surface area contributed by atoms with Gasteiger partial charge in [-0.2, -0.15) is 0 Å². The molecular weight excluding hydrogens is 280 g/mol. The number of hydrogen-bond donors (Lipinski definition) is 2. The fourth-order valence-electron chi connectivity index (χ4n) is 3.09. The number of likely N-dealkylation sites (N-methyl/N-ethyl adjacent to an activating group) is 1. The lowest BCUT2D eigenvalue weighted by molar-refractivity contribution is -0.123. The maximum Gasteiger partial charge on any atom is 0.234 e. The molecule has 7 heteroatoms. The Labute approximate surface area is 120 Å². The lowest BCUT2D eigenvalue weighted by Gasteiger charge is -2.34. The molecule has 2 rings (SSSR count). The largest absolute Gasteiger partial charge is 0.393 e. The van der Waals surface area contributed by atoms with Gasteiger partial charge in [0.25, 0.3) is 0 Å². The van der Waals surface area contributed by atoms with Crippen LogP contribution in [-0.2, 0) is 14.6 Å². The van der Waals surface area contributed by atoms with Crippen LogP contribution in [0.4, 0.5) is 0 Å². The zero-order valence-corrected chi connectivity index (χ0v) is 12.9. The third-order valence-corrected chi connectivity index (χ3v) is 6.04. The number of nitrogens with zero attached hydrogens (tertiary/aromatic N) is 1. The summed E-state index contributed by atoms with van der Waals surface area (Å²) in [5.74, 6) is 0.515. The molecule has 1 heterocycles. The normalized spacial score (nSPS) is 35.8. The third-order valence-electron chi connectivity index (χ3n) is 4.14. The minimum Gasteiger partial charge on any atom is -0.393 e. The first-order valence-corrected chi connectivity index (χ1v) is 8.88. The predicted molar refractivity (Wildman–Crippen MR) is 76.0 cm³/mol. The average Bonchev–Trinajstić information content (AvgIpc) is 2.49. The molecule has 2 fully saturated rings. The van der Waals surface area contributed by atoms with Crippen molar-refractivity contribution in [2.24, 2.45) is 5.92 Å². The molecule has 0 aromatic carbocycles. The lowest BCUT2D eigenvalue weighted by Crippen LogP contribution is -2.50. The molecule has 1 atom stereocenters. The zero-order valence-electron chi connectivity index (χ0n) is 12.1. The first-order chi connectivity index (χ1) is 9.17. The van der Waals surface area contributed by atoms with Gasteiger partial charge in [-0.1, -0.05) is 0 Å². The van der Waals surface area contributed by atoms with Gasteiger partial charge < -0.3 is 10.4 Å². The van der Waals surface area contributed by atoms with Crippen LogP contribution >= 0.6 is 0 Å². The van der Waals surface area contributed by atoms with E-state index in [4.69, 9.17) is 0 Å². The summed E-state index contributed by atoms with van der Waals surface area (Å²) >= 11 is 0. The van der Waals surface area contributed by atoms with Crippen molar-refractivity contribution >= 4 is 15.7 Å². The summed E-state index contributed by atoms with van der Waals surface area (Å²) in [6.45, 7) is 2.85. The SMILES string of the molecule is CN(CC(=O)NC1(C)CCS(=O)(=O)C1)CC1CC(O)C1. The van der Waals surface area contributed by atoms with E-state index in [0.29, 0.717) is 12.3 Å². The van der Waals surface area contributed by atoms with Crippen molar-refractivity contribution in [3.05, 3.63) is 0 Å². The zero-order chi connectivity index (χ0) is 15.0. The molecule has 1 amide bonds. The topological polar surface area (TPSA) is 86.7 Å². The Morgan fingerprint density at radius 1 is 1.45 bits per heavy atom. The number of rotatable bonds is 5. The van der Waals surface area contributed by atoms with Gasteiger partial charge in [0.15, 0.2) is 9.84 Å². The van der Waals surface area contributed by atoms with E-state index in [-0.39, 0.29) is 30.1 Å². The molecule has 0 bridgehead atoms. The number of amides is 1. The number of aliphatic hydroxyl groups excluding tert-OH is 1. The first kappa shape index (κ1) is 15.7. The van der Waals surface area contributed by atoms with Crippen LogP contribution in [0.2, 0.25) is 0 Å².